The molecule has 0 fully saturated rings. The van der Waals surface area contributed by atoms with Crippen LogP contribution in [0.4, 0.5) is 0 Å². The van der Waals surface area contributed by atoms with E-state index in [1.807, 2.05) is 0 Å². The van der Waals surface area contributed by atoms with Crippen molar-refractivity contribution in [2.45, 2.75) is 66.2 Å². The predicted molar refractivity (Wildman–Crippen MR) is 62.0 cm³/mol. The van der Waals surface area contributed by atoms with E-state index in [0.29, 0.717) is 0 Å². The van der Waals surface area contributed by atoms with Gasteiger partial charge in [0.2, 0.25) is 0 Å². The maximum Gasteiger partial charge on any atom is -0.0232 e. The molecule has 1 atom stereocenters. The van der Waals surface area contributed by atoms with E-state index in [0.717, 1.165) is 5.92 Å². The van der Waals surface area contributed by atoms with E-state index in [2.05, 4.69) is 33.8 Å². The van der Waals surface area contributed by atoms with E-state index in [1.54, 1.807) is 5.57 Å². The van der Waals surface area contributed by atoms with E-state index in [-0.39, 0.29) is 0 Å². The van der Waals surface area contributed by atoms with Gasteiger partial charge in [-0.2, -0.15) is 0 Å². The number of hydrogen-bond acceptors (Lipinski definition) is 0. The van der Waals surface area contributed by atoms with Crippen molar-refractivity contribution in [3.63, 3.8) is 0 Å². The topological polar surface area (TPSA) is 0 Å². The average molecular weight is 182 g/mol. The van der Waals surface area contributed by atoms with E-state index in [1.165, 1.54) is 38.5 Å². The molecule has 1 aliphatic carbocycles. The van der Waals surface area contributed by atoms with Crippen LogP contribution in [0, 0.1) is 5.92 Å². The van der Waals surface area contributed by atoms with Gasteiger partial charge in [-0.15, -0.1) is 0 Å². The minimum absolute atomic E-state index is 0.868. The molecule has 0 spiro atoms. The highest BCUT2D eigenvalue weighted by Gasteiger charge is 2.10. The predicted octanol–water partition coefficient (Wildman–Crippen LogP) is 4.95. The molecule has 1 rings (SSSR count). The first kappa shape index (κ1) is 12.7. The zero-order valence-corrected chi connectivity index (χ0v) is 9.90. The molecule has 13 heavy (non-hydrogen) atoms. The lowest BCUT2D eigenvalue weighted by Crippen LogP contribution is -1.95. The fourth-order valence-corrected chi connectivity index (χ4v) is 1.76. The normalized spacial score (nSPS) is 17.4. The molecule has 0 aromatic carbocycles. The van der Waals surface area contributed by atoms with Crippen molar-refractivity contribution in [1.82, 2.24) is 0 Å². The van der Waals surface area contributed by atoms with Crippen LogP contribution in [-0.4, -0.2) is 0 Å². The molecular weight excluding hydrogens is 156 g/mol. The molecular formula is C13H26. The van der Waals surface area contributed by atoms with Crippen molar-refractivity contribution in [2.24, 2.45) is 5.92 Å². The zero-order chi connectivity index (χ0) is 10.1. The summed E-state index contributed by atoms with van der Waals surface area (Å²) in [5.41, 5.74) is 1.72. The van der Waals surface area contributed by atoms with Crippen LogP contribution in [0.3, 0.4) is 0 Å². The SMILES string of the molecule is CCC.CCCC(C)C1=CCCC1. The molecule has 78 valence electrons. The van der Waals surface area contributed by atoms with Crippen molar-refractivity contribution in [3.05, 3.63) is 11.6 Å². The Balaban J connectivity index is 0.000000424. The van der Waals surface area contributed by atoms with E-state index >= 15 is 0 Å². The van der Waals surface area contributed by atoms with E-state index in [9.17, 15) is 0 Å². The highest BCUT2D eigenvalue weighted by atomic mass is 14.2. The average Bonchev–Trinajstić information content (AvgIpc) is 2.58. The second-order valence-electron chi connectivity index (χ2n) is 4.07. The minimum atomic E-state index is 0.868. The molecule has 0 saturated carbocycles. The van der Waals surface area contributed by atoms with Gasteiger partial charge < -0.3 is 0 Å². The Labute approximate surface area is 84.4 Å². The molecule has 0 heterocycles. The highest BCUT2D eigenvalue weighted by molar-refractivity contribution is 5.10. The summed E-state index contributed by atoms with van der Waals surface area (Å²) in [5, 5.41) is 0. The van der Waals surface area contributed by atoms with Crippen LogP contribution >= 0.6 is 0 Å². The Morgan fingerprint density at radius 2 is 1.92 bits per heavy atom. The molecule has 0 N–H and O–H groups in total. The van der Waals surface area contributed by atoms with Gasteiger partial charge in [0.15, 0.2) is 0 Å². The van der Waals surface area contributed by atoms with Crippen LogP contribution in [0.2, 0.25) is 0 Å². The van der Waals surface area contributed by atoms with Crippen LogP contribution < -0.4 is 0 Å². The summed E-state index contributed by atoms with van der Waals surface area (Å²) in [6.45, 7) is 8.88. The van der Waals surface area contributed by atoms with Gasteiger partial charge in [-0.05, 0) is 31.6 Å². The Morgan fingerprint density at radius 1 is 1.31 bits per heavy atom. The van der Waals surface area contributed by atoms with Gasteiger partial charge in [0.1, 0.15) is 0 Å². The Kier molecular flexibility index (Phi) is 8.18. The molecule has 1 aliphatic rings. The third-order valence-electron chi connectivity index (χ3n) is 2.43. The van der Waals surface area contributed by atoms with Gasteiger partial charge in [0, 0.05) is 0 Å². The van der Waals surface area contributed by atoms with E-state index < -0.39 is 0 Å². The van der Waals surface area contributed by atoms with Crippen LogP contribution in [0.15, 0.2) is 11.6 Å². The second kappa shape index (κ2) is 8.34. The zero-order valence-electron chi connectivity index (χ0n) is 9.90. The van der Waals surface area contributed by atoms with Gasteiger partial charge in [-0.1, -0.05) is 52.2 Å². The number of allylic oxidation sites excluding steroid dienone is 2. The van der Waals surface area contributed by atoms with Gasteiger partial charge in [0.25, 0.3) is 0 Å². The second-order valence-corrected chi connectivity index (χ2v) is 4.07. The molecule has 0 aliphatic heterocycles. The van der Waals surface area contributed by atoms with Crippen LogP contribution in [0.25, 0.3) is 0 Å². The lowest BCUT2D eigenvalue weighted by molar-refractivity contribution is 0.586. The smallest absolute Gasteiger partial charge is 0.0232 e. The van der Waals surface area contributed by atoms with Crippen molar-refractivity contribution in [3.8, 4) is 0 Å². The standard InChI is InChI=1S/C10H18.C3H8/c1-3-6-9(2)10-7-4-5-8-10;1-3-2/h7,9H,3-6,8H2,1-2H3;3H2,1-2H3. The molecule has 0 aromatic heterocycles. The maximum atomic E-state index is 2.44. The van der Waals surface area contributed by atoms with Crippen molar-refractivity contribution < 1.29 is 0 Å². The molecule has 0 bridgehead atoms. The van der Waals surface area contributed by atoms with Crippen LogP contribution in [0.1, 0.15) is 66.2 Å². The summed E-state index contributed by atoms with van der Waals surface area (Å²) in [6.07, 6.45) is 10.5. The molecule has 0 aromatic rings. The van der Waals surface area contributed by atoms with Crippen molar-refractivity contribution in [1.29, 1.82) is 0 Å². The van der Waals surface area contributed by atoms with Gasteiger partial charge >= 0.3 is 0 Å². The largest absolute Gasteiger partial charge is 0.0851 e. The Bertz CT molecular complexity index is 133. The third-order valence-corrected chi connectivity index (χ3v) is 2.43. The van der Waals surface area contributed by atoms with Gasteiger partial charge in [-0.25, -0.2) is 0 Å². The molecule has 0 saturated heterocycles. The summed E-state index contributed by atoms with van der Waals surface area (Å²) in [6, 6.07) is 0. The molecule has 0 amide bonds. The van der Waals surface area contributed by atoms with Crippen LogP contribution in [-0.2, 0) is 0 Å². The fourth-order valence-electron chi connectivity index (χ4n) is 1.76. The Morgan fingerprint density at radius 3 is 2.31 bits per heavy atom. The molecule has 0 nitrogen and oxygen atoms in total. The molecule has 0 heteroatoms. The first-order chi connectivity index (χ1) is 6.26. The summed E-state index contributed by atoms with van der Waals surface area (Å²) in [5.74, 6) is 0.868. The van der Waals surface area contributed by atoms with Crippen LogP contribution in [0.5, 0.6) is 0 Å². The lowest BCUT2D eigenvalue weighted by atomic mass is 9.96. The third kappa shape index (κ3) is 5.90. The number of rotatable bonds is 3. The highest BCUT2D eigenvalue weighted by Crippen LogP contribution is 2.27. The maximum absolute atomic E-state index is 2.44. The van der Waals surface area contributed by atoms with Crippen molar-refractivity contribution in [2.75, 3.05) is 0 Å². The first-order valence-electron chi connectivity index (χ1n) is 5.95. The van der Waals surface area contributed by atoms with E-state index in [4.69, 9.17) is 0 Å². The summed E-state index contributed by atoms with van der Waals surface area (Å²) >= 11 is 0. The summed E-state index contributed by atoms with van der Waals surface area (Å²) < 4.78 is 0. The number of hydrogen-bond donors (Lipinski definition) is 0. The van der Waals surface area contributed by atoms with Gasteiger partial charge in [0.05, 0.1) is 0 Å². The fraction of sp³-hybridized carbons (Fsp3) is 0.846. The lowest BCUT2D eigenvalue weighted by Gasteiger charge is -2.10. The Hall–Kier alpha value is -0.260. The monoisotopic (exact) mass is 182 g/mol. The minimum Gasteiger partial charge on any atom is -0.0851 e. The van der Waals surface area contributed by atoms with Gasteiger partial charge in [-0.3, -0.25) is 0 Å². The molecule has 0 radical (unpaired) electrons. The summed E-state index contributed by atoms with van der Waals surface area (Å²) in [4.78, 5) is 0. The quantitative estimate of drug-likeness (QED) is 0.542. The first-order valence-corrected chi connectivity index (χ1v) is 5.95. The summed E-state index contributed by atoms with van der Waals surface area (Å²) in [7, 11) is 0. The van der Waals surface area contributed by atoms with Crippen molar-refractivity contribution >= 4 is 0 Å². The molecule has 1 unspecified atom stereocenters.